The minimum absolute atomic E-state index is 0.795. The van der Waals surface area contributed by atoms with Gasteiger partial charge in [0.15, 0.2) is 0 Å². The van der Waals surface area contributed by atoms with Gasteiger partial charge in [-0.2, -0.15) is 0 Å². The van der Waals surface area contributed by atoms with E-state index in [1.54, 1.807) is 0 Å². The second kappa shape index (κ2) is 7.11. The largest absolute Gasteiger partial charge is 0.103 e. The highest BCUT2D eigenvalue weighted by Crippen LogP contribution is 2.33. The SMILES string of the molecule is C=CCC1CC=C(c2ccc(-c3ccc(Br)cc3)cc2)CC1. The van der Waals surface area contributed by atoms with Gasteiger partial charge < -0.3 is 0 Å². The van der Waals surface area contributed by atoms with Gasteiger partial charge in [-0.05, 0) is 66.0 Å². The smallest absolute Gasteiger partial charge is 0.0175 e. The maximum atomic E-state index is 3.85. The van der Waals surface area contributed by atoms with E-state index in [0.717, 1.165) is 16.8 Å². The number of benzene rings is 2. The van der Waals surface area contributed by atoms with Crippen molar-refractivity contribution in [2.45, 2.75) is 25.7 Å². The molecule has 1 heteroatoms. The summed E-state index contributed by atoms with van der Waals surface area (Å²) in [4.78, 5) is 0. The van der Waals surface area contributed by atoms with Crippen LogP contribution in [0.1, 0.15) is 31.2 Å². The number of halogens is 1. The monoisotopic (exact) mass is 352 g/mol. The second-order valence-electron chi connectivity index (χ2n) is 5.98. The highest BCUT2D eigenvalue weighted by atomic mass is 79.9. The molecular weight excluding hydrogens is 332 g/mol. The van der Waals surface area contributed by atoms with Gasteiger partial charge in [0, 0.05) is 4.47 Å². The number of allylic oxidation sites excluding steroid dienone is 3. The summed E-state index contributed by atoms with van der Waals surface area (Å²) in [5, 5.41) is 0. The van der Waals surface area contributed by atoms with Crippen molar-refractivity contribution in [1.82, 2.24) is 0 Å². The van der Waals surface area contributed by atoms with Crippen LogP contribution in [0.3, 0.4) is 0 Å². The van der Waals surface area contributed by atoms with E-state index in [2.05, 4.69) is 83.2 Å². The molecule has 1 aliphatic carbocycles. The molecule has 0 heterocycles. The maximum absolute atomic E-state index is 3.85. The molecule has 22 heavy (non-hydrogen) atoms. The van der Waals surface area contributed by atoms with E-state index in [1.807, 2.05) is 0 Å². The Balaban J connectivity index is 1.74. The maximum Gasteiger partial charge on any atom is 0.0175 e. The summed E-state index contributed by atoms with van der Waals surface area (Å²) in [6, 6.07) is 17.5. The Morgan fingerprint density at radius 2 is 1.55 bits per heavy atom. The van der Waals surface area contributed by atoms with Crippen LogP contribution in [0.15, 0.2) is 71.7 Å². The molecule has 0 radical (unpaired) electrons. The first-order valence-corrected chi connectivity index (χ1v) is 8.72. The van der Waals surface area contributed by atoms with Crippen molar-refractivity contribution in [3.63, 3.8) is 0 Å². The highest BCUT2D eigenvalue weighted by molar-refractivity contribution is 9.10. The fourth-order valence-corrected chi connectivity index (χ4v) is 3.38. The van der Waals surface area contributed by atoms with E-state index in [0.29, 0.717) is 0 Å². The highest BCUT2D eigenvalue weighted by Gasteiger charge is 2.14. The molecule has 0 amide bonds. The molecule has 0 aliphatic heterocycles. The second-order valence-corrected chi connectivity index (χ2v) is 6.89. The molecular formula is C21H21Br. The summed E-state index contributed by atoms with van der Waals surface area (Å²) in [6.45, 7) is 3.85. The first-order valence-electron chi connectivity index (χ1n) is 7.92. The lowest BCUT2D eigenvalue weighted by Crippen LogP contribution is -2.04. The van der Waals surface area contributed by atoms with Gasteiger partial charge in [-0.1, -0.05) is 64.5 Å². The topological polar surface area (TPSA) is 0 Å². The first-order chi connectivity index (χ1) is 10.8. The average molecular weight is 353 g/mol. The normalized spacial score (nSPS) is 17.9. The minimum atomic E-state index is 0.795. The Kier molecular flexibility index (Phi) is 4.94. The summed E-state index contributed by atoms with van der Waals surface area (Å²) < 4.78 is 1.12. The average Bonchev–Trinajstić information content (AvgIpc) is 2.57. The predicted octanol–water partition coefficient (Wildman–Crippen LogP) is 6.88. The van der Waals surface area contributed by atoms with E-state index in [4.69, 9.17) is 0 Å². The summed E-state index contributed by atoms with van der Waals surface area (Å²) in [5.74, 6) is 0.795. The van der Waals surface area contributed by atoms with Crippen LogP contribution < -0.4 is 0 Å². The van der Waals surface area contributed by atoms with Crippen molar-refractivity contribution in [3.8, 4) is 11.1 Å². The fraction of sp³-hybridized carbons (Fsp3) is 0.238. The van der Waals surface area contributed by atoms with Crippen LogP contribution in [-0.2, 0) is 0 Å². The third kappa shape index (κ3) is 3.59. The molecule has 1 unspecified atom stereocenters. The quantitative estimate of drug-likeness (QED) is 0.526. The third-order valence-corrected chi connectivity index (χ3v) is 4.98. The Morgan fingerprint density at radius 1 is 0.955 bits per heavy atom. The van der Waals surface area contributed by atoms with Crippen LogP contribution >= 0.6 is 15.9 Å². The number of hydrogen-bond donors (Lipinski definition) is 0. The van der Waals surface area contributed by atoms with Crippen molar-refractivity contribution < 1.29 is 0 Å². The van der Waals surface area contributed by atoms with Gasteiger partial charge in [-0.15, -0.1) is 6.58 Å². The molecule has 2 aromatic rings. The van der Waals surface area contributed by atoms with Crippen molar-refractivity contribution >= 4 is 21.5 Å². The molecule has 1 aliphatic rings. The van der Waals surface area contributed by atoms with Gasteiger partial charge in [0.2, 0.25) is 0 Å². The molecule has 3 rings (SSSR count). The van der Waals surface area contributed by atoms with Crippen LogP contribution in [0.2, 0.25) is 0 Å². The number of rotatable bonds is 4. The van der Waals surface area contributed by atoms with Crippen LogP contribution in [0, 0.1) is 5.92 Å². The van der Waals surface area contributed by atoms with Gasteiger partial charge in [0.25, 0.3) is 0 Å². The zero-order chi connectivity index (χ0) is 15.4. The van der Waals surface area contributed by atoms with E-state index >= 15 is 0 Å². The van der Waals surface area contributed by atoms with Crippen molar-refractivity contribution in [3.05, 3.63) is 77.3 Å². The van der Waals surface area contributed by atoms with Gasteiger partial charge in [-0.3, -0.25) is 0 Å². The van der Waals surface area contributed by atoms with Crippen LogP contribution in [0.5, 0.6) is 0 Å². The first kappa shape index (κ1) is 15.3. The molecule has 1 atom stereocenters. The summed E-state index contributed by atoms with van der Waals surface area (Å²) >= 11 is 3.48. The van der Waals surface area contributed by atoms with Crippen molar-refractivity contribution in [2.75, 3.05) is 0 Å². The zero-order valence-corrected chi connectivity index (χ0v) is 14.4. The lowest BCUT2D eigenvalue weighted by molar-refractivity contribution is 0.492. The lowest BCUT2D eigenvalue weighted by atomic mass is 9.84. The van der Waals surface area contributed by atoms with Gasteiger partial charge in [0.1, 0.15) is 0 Å². The molecule has 0 saturated heterocycles. The van der Waals surface area contributed by atoms with E-state index in [-0.39, 0.29) is 0 Å². The predicted molar refractivity (Wildman–Crippen MR) is 99.7 cm³/mol. The Morgan fingerprint density at radius 3 is 2.09 bits per heavy atom. The van der Waals surface area contributed by atoms with Gasteiger partial charge in [0.05, 0.1) is 0 Å². The Hall–Kier alpha value is -1.60. The summed E-state index contributed by atoms with van der Waals surface area (Å²) in [6.07, 6.45) is 9.29. The van der Waals surface area contributed by atoms with Crippen molar-refractivity contribution in [1.29, 1.82) is 0 Å². The standard InChI is InChI=1S/C21H21Br/c1-2-3-16-4-6-17(7-5-16)18-8-10-19(11-9-18)20-12-14-21(22)15-13-20/h2,6,8-16H,1,3-5,7H2. The van der Waals surface area contributed by atoms with Gasteiger partial charge >= 0.3 is 0 Å². The van der Waals surface area contributed by atoms with Crippen LogP contribution in [-0.4, -0.2) is 0 Å². The Labute approximate surface area is 141 Å². The molecule has 0 fully saturated rings. The van der Waals surface area contributed by atoms with E-state index in [9.17, 15) is 0 Å². The Bertz CT molecular complexity index is 662. The van der Waals surface area contributed by atoms with Crippen molar-refractivity contribution in [2.24, 2.45) is 5.92 Å². The third-order valence-electron chi connectivity index (χ3n) is 4.45. The number of hydrogen-bond acceptors (Lipinski definition) is 0. The summed E-state index contributed by atoms with van der Waals surface area (Å²) in [7, 11) is 0. The fourth-order valence-electron chi connectivity index (χ4n) is 3.12. The van der Waals surface area contributed by atoms with E-state index in [1.165, 1.54) is 41.5 Å². The molecule has 112 valence electrons. The molecule has 0 nitrogen and oxygen atoms in total. The summed E-state index contributed by atoms with van der Waals surface area (Å²) in [5.41, 5.74) is 5.41. The van der Waals surface area contributed by atoms with E-state index < -0.39 is 0 Å². The molecule has 0 spiro atoms. The minimum Gasteiger partial charge on any atom is -0.103 e. The van der Waals surface area contributed by atoms with Crippen LogP contribution in [0.25, 0.3) is 16.7 Å². The zero-order valence-electron chi connectivity index (χ0n) is 12.8. The molecule has 0 N–H and O–H groups in total. The lowest BCUT2D eigenvalue weighted by Gasteiger charge is -2.21. The van der Waals surface area contributed by atoms with Gasteiger partial charge in [-0.25, -0.2) is 0 Å². The van der Waals surface area contributed by atoms with Crippen LogP contribution in [0.4, 0.5) is 0 Å². The molecule has 2 aromatic carbocycles. The molecule has 0 bridgehead atoms. The molecule has 0 saturated carbocycles. The molecule has 0 aromatic heterocycles.